The number of carbonyl (C=O) groups excluding carboxylic acids is 2. The summed E-state index contributed by atoms with van der Waals surface area (Å²) >= 11 is 0. The molecule has 0 saturated heterocycles. The fraction of sp³-hybridized carbons (Fsp3) is 0.818. The summed E-state index contributed by atoms with van der Waals surface area (Å²) in [5.74, 6) is -0.652. The van der Waals surface area contributed by atoms with Crippen LogP contribution in [0.1, 0.15) is 39.5 Å². The van der Waals surface area contributed by atoms with Crippen LogP contribution in [-0.4, -0.2) is 22.8 Å². The van der Waals surface area contributed by atoms with Crippen LogP contribution in [0.15, 0.2) is 0 Å². The monoisotopic (exact) mass is 198 g/mol. The van der Waals surface area contributed by atoms with Gasteiger partial charge in [-0.1, -0.05) is 20.3 Å². The number of carbonyl (C=O) groups is 2. The smallest absolute Gasteiger partial charge is 0.146 e. The van der Waals surface area contributed by atoms with Crippen LogP contribution in [0.4, 0.5) is 0 Å². The van der Waals surface area contributed by atoms with Crippen molar-refractivity contribution in [2.45, 2.75) is 45.6 Å². The minimum atomic E-state index is -0.742. The van der Waals surface area contributed by atoms with E-state index in [4.69, 9.17) is 0 Å². The summed E-state index contributed by atoms with van der Waals surface area (Å²) in [6, 6.07) is 0. The lowest BCUT2D eigenvalue weighted by atomic mass is 9.75. The highest BCUT2D eigenvalue weighted by Crippen LogP contribution is 2.29. The largest absolute Gasteiger partial charge is 0.392 e. The van der Waals surface area contributed by atoms with Crippen LogP contribution < -0.4 is 0 Å². The average Bonchev–Trinajstić information content (AvgIpc) is 2.16. The van der Waals surface area contributed by atoms with Crippen molar-refractivity contribution in [3.05, 3.63) is 0 Å². The van der Waals surface area contributed by atoms with E-state index in [2.05, 4.69) is 0 Å². The number of aliphatic hydroxyl groups excluding tert-OH is 1. The highest BCUT2D eigenvalue weighted by molar-refractivity contribution is 6.03. The van der Waals surface area contributed by atoms with E-state index in [1.165, 1.54) is 0 Å². The van der Waals surface area contributed by atoms with Crippen molar-refractivity contribution in [1.29, 1.82) is 0 Å². The van der Waals surface area contributed by atoms with Crippen LogP contribution in [0.3, 0.4) is 0 Å². The van der Waals surface area contributed by atoms with Crippen LogP contribution in [0, 0.1) is 11.8 Å². The average molecular weight is 198 g/mol. The van der Waals surface area contributed by atoms with Gasteiger partial charge in [-0.05, 0) is 12.3 Å². The van der Waals surface area contributed by atoms with E-state index in [0.717, 1.165) is 6.42 Å². The van der Waals surface area contributed by atoms with Gasteiger partial charge >= 0.3 is 0 Å². The van der Waals surface area contributed by atoms with E-state index in [9.17, 15) is 14.7 Å². The Bertz CT molecular complexity index is 235. The SMILES string of the molecule is CCC(=O)C1C(=O)CC(CC)CC1O. The molecule has 1 fully saturated rings. The van der Waals surface area contributed by atoms with E-state index < -0.39 is 12.0 Å². The van der Waals surface area contributed by atoms with Crippen LogP contribution in [-0.2, 0) is 9.59 Å². The van der Waals surface area contributed by atoms with Crippen molar-refractivity contribution in [3.63, 3.8) is 0 Å². The third-order valence-electron chi connectivity index (χ3n) is 3.07. The first-order valence-corrected chi connectivity index (χ1v) is 5.33. The molecule has 0 heterocycles. The number of ketones is 2. The van der Waals surface area contributed by atoms with Gasteiger partial charge in [-0.2, -0.15) is 0 Å². The molecular weight excluding hydrogens is 180 g/mol. The Labute approximate surface area is 84.5 Å². The maximum absolute atomic E-state index is 11.6. The zero-order valence-corrected chi connectivity index (χ0v) is 8.82. The minimum absolute atomic E-state index is 0.0672. The Hall–Kier alpha value is -0.700. The topological polar surface area (TPSA) is 54.4 Å². The Kier molecular flexibility index (Phi) is 3.81. The normalized spacial score (nSPS) is 33.1. The van der Waals surface area contributed by atoms with E-state index in [1.54, 1.807) is 6.92 Å². The second kappa shape index (κ2) is 4.69. The molecule has 3 unspecified atom stereocenters. The molecule has 0 radical (unpaired) electrons. The Morgan fingerprint density at radius 2 is 2.14 bits per heavy atom. The molecule has 0 aromatic carbocycles. The van der Waals surface area contributed by atoms with E-state index in [1.807, 2.05) is 6.92 Å². The number of rotatable bonds is 3. The molecule has 1 aliphatic rings. The molecule has 1 N–H and O–H groups in total. The van der Waals surface area contributed by atoms with Crippen molar-refractivity contribution >= 4 is 11.6 Å². The van der Waals surface area contributed by atoms with Crippen molar-refractivity contribution in [2.75, 3.05) is 0 Å². The van der Waals surface area contributed by atoms with Crippen molar-refractivity contribution in [1.82, 2.24) is 0 Å². The molecular formula is C11H18O3. The second-order valence-electron chi connectivity index (χ2n) is 4.05. The first-order valence-electron chi connectivity index (χ1n) is 5.33. The second-order valence-corrected chi connectivity index (χ2v) is 4.05. The fourth-order valence-electron chi connectivity index (χ4n) is 2.11. The Morgan fingerprint density at radius 1 is 1.50 bits per heavy atom. The highest BCUT2D eigenvalue weighted by atomic mass is 16.3. The molecule has 0 aromatic heterocycles. The molecule has 0 spiro atoms. The molecule has 3 heteroatoms. The standard InChI is InChI=1S/C11H18O3/c1-3-7-5-9(13)11(8(12)4-2)10(14)6-7/h7,9,11,13H,3-6H2,1-2H3. The third kappa shape index (κ3) is 2.21. The number of Topliss-reactive ketones (excluding diaryl/α,β-unsaturated/α-hetero) is 2. The number of aliphatic hydroxyl groups is 1. The van der Waals surface area contributed by atoms with Gasteiger partial charge in [0.1, 0.15) is 17.5 Å². The molecule has 0 bridgehead atoms. The fourth-order valence-corrected chi connectivity index (χ4v) is 2.11. The van der Waals surface area contributed by atoms with Crippen molar-refractivity contribution < 1.29 is 14.7 Å². The van der Waals surface area contributed by atoms with Crippen LogP contribution >= 0.6 is 0 Å². The van der Waals surface area contributed by atoms with Crippen LogP contribution in [0.2, 0.25) is 0 Å². The molecule has 0 amide bonds. The van der Waals surface area contributed by atoms with Gasteiger partial charge in [-0.3, -0.25) is 9.59 Å². The molecule has 14 heavy (non-hydrogen) atoms. The van der Waals surface area contributed by atoms with E-state index in [-0.39, 0.29) is 17.5 Å². The molecule has 80 valence electrons. The summed E-state index contributed by atoms with van der Waals surface area (Å²) in [5, 5.41) is 9.70. The predicted octanol–water partition coefficient (Wildman–Crippen LogP) is 1.33. The predicted molar refractivity (Wildman–Crippen MR) is 52.8 cm³/mol. The van der Waals surface area contributed by atoms with Crippen molar-refractivity contribution in [2.24, 2.45) is 11.8 Å². The third-order valence-corrected chi connectivity index (χ3v) is 3.07. The molecule has 0 aliphatic heterocycles. The minimum Gasteiger partial charge on any atom is -0.392 e. The summed E-state index contributed by atoms with van der Waals surface area (Å²) in [4.78, 5) is 23.0. The lowest BCUT2D eigenvalue weighted by molar-refractivity contribution is -0.141. The van der Waals surface area contributed by atoms with Gasteiger partial charge in [0.15, 0.2) is 0 Å². The van der Waals surface area contributed by atoms with Crippen molar-refractivity contribution in [3.8, 4) is 0 Å². The Morgan fingerprint density at radius 3 is 2.57 bits per heavy atom. The molecule has 3 nitrogen and oxygen atoms in total. The summed E-state index contributed by atoms with van der Waals surface area (Å²) < 4.78 is 0. The zero-order valence-electron chi connectivity index (χ0n) is 8.82. The Balaban J connectivity index is 2.70. The number of hydrogen-bond donors (Lipinski definition) is 1. The molecule has 1 aliphatic carbocycles. The molecule has 3 atom stereocenters. The lowest BCUT2D eigenvalue weighted by Gasteiger charge is -2.30. The van der Waals surface area contributed by atoms with Crippen LogP contribution in [0.25, 0.3) is 0 Å². The van der Waals surface area contributed by atoms with Gasteiger partial charge in [-0.25, -0.2) is 0 Å². The van der Waals surface area contributed by atoms with Gasteiger partial charge in [0.2, 0.25) is 0 Å². The number of hydrogen-bond acceptors (Lipinski definition) is 3. The maximum Gasteiger partial charge on any atom is 0.146 e. The zero-order chi connectivity index (χ0) is 10.7. The lowest BCUT2D eigenvalue weighted by Crippen LogP contribution is -2.41. The summed E-state index contributed by atoms with van der Waals surface area (Å²) in [6.45, 7) is 3.74. The quantitative estimate of drug-likeness (QED) is 0.696. The summed E-state index contributed by atoms with van der Waals surface area (Å²) in [6.07, 6.45) is 1.55. The summed E-state index contributed by atoms with van der Waals surface area (Å²) in [7, 11) is 0. The molecule has 1 saturated carbocycles. The first kappa shape index (κ1) is 11.4. The molecule has 1 rings (SSSR count). The van der Waals surface area contributed by atoms with Gasteiger partial charge in [0.25, 0.3) is 0 Å². The maximum atomic E-state index is 11.6. The van der Waals surface area contributed by atoms with Gasteiger partial charge in [-0.15, -0.1) is 0 Å². The van der Waals surface area contributed by atoms with Gasteiger partial charge in [0, 0.05) is 12.8 Å². The van der Waals surface area contributed by atoms with E-state index in [0.29, 0.717) is 19.3 Å². The summed E-state index contributed by atoms with van der Waals surface area (Å²) in [5.41, 5.74) is 0. The van der Waals surface area contributed by atoms with E-state index >= 15 is 0 Å². The van der Waals surface area contributed by atoms with Crippen LogP contribution in [0.5, 0.6) is 0 Å². The molecule has 0 aromatic rings. The van der Waals surface area contributed by atoms with Gasteiger partial charge < -0.3 is 5.11 Å². The highest BCUT2D eigenvalue weighted by Gasteiger charge is 2.38. The first-order chi connectivity index (χ1) is 6.60. The van der Waals surface area contributed by atoms with Gasteiger partial charge in [0.05, 0.1) is 6.10 Å².